The van der Waals surface area contributed by atoms with E-state index in [-0.39, 0.29) is 12.6 Å². The van der Waals surface area contributed by atoms with Crippen LogP contribution in [0.5, 0.6) is 5.75 Å². The molecule has 20 heavy (non-hydrogen) atoms. The van der Waals surface area contributed by atoms with Crippen LogP contribution in [0.15, 0.2) is 24.3 Å². The Kier molecular flexibility index (Phi) is 5.83. The van der Waals surface area contributed by atoms with Gasteiger partial charge >= 0.3 is 0 Å². The van der Waals surface area contributed by atoms with Crippen LogP contribution in [-0.4, -0.2) is 49.4 Å². The second-order valence-corrected chi connectivity index (χ2v) is 5.43. The van der Waals surface area contributed by atoms with Gasteiger partial charge in [-0.15, -0.1) is 0 Å². The summed E-state index contributed by atoms with van der Waals surface area (Å²) in [5.41, 5.74) is 1.18. The van der Waals surface area contributed by atoms with E-state index in [2.05, 4.69) is 23.2 Å². The van der Waals surface area contributed by atoms with E-state index in [1.165, 1.54) is 18.4 Å². The largest absolute Gasteiger partial charge is 0.496 e. The Morgan fingerprint density at radius 3 is 2.90 bits per heavy atom. The molecule has 0 saturated carbocycles. The van der Waals surface area contributed by atoms with Gasteiger partial charge in [-0.1, -0.05) is 18.2 Å². The van der Waals surface area contributed by atoms with Crippen molar-refractivity contribution in [3.8, 4) is 5.75 Å². The molecule has 1 aromatic rings. The monoisotopic (exact) mass is 278 g/mol. The summed E-state index contributed by atoms with van der Waals surface area (Å²) in [6.07, 6.45) is 2.47. The fourth-order valence-electron chi connectivity index (χ4n) is 2.98. The van der Waals surface area contributed by atoms with E-state index in [9.17, 15) is 5.11 Å². The van der Waals surface area contributed by atoms with Gasteiger partial charge in [-0.2, -0.15) is 0 Å². The molecule has 4 heteroatoms. The lowest BCUT2D eigenvalue weighted by molar-refractivity contribution is 0.146. The van der Waals surface area contributed by atoms with Crippen molar-refractivity contribution in [2.75, 3.05) is 33.4 Å². The summed E-state index contributed by atoms with van der Waals surface area (Å²) in [6.45, 7) is 5.15. The number of aliphatic hydroxyl groups excluding tert-OH is 1. The van der Waals surface area contributed by atoms with Gasteiger partial charge in [0.05, 0.1) is 13.7 Å². The van der Waals surface area contributed by atoms with Crippen LogP contribution in [0, 0.1) is 0 Å². The van der Waals surface area contributed by atoms with E-state index in [1.807, 2.05) is 18.2 Å². The molecule has 1 aliphatic rings. The van der Waals surface area contributed by atoms with E-state index in [4.69, 9.17) is 4.74 Å². The first kappa shape index (κ1) is 15.3. The highest BCUT2D eigenvalue weighted by molar-refractivity contribution is 5.35. The van der Waals surface area contributed by atoms with Crippen molar-refractivity contribution in [1.29, 1.82) is 0 Å². The number of nitrogens with zero attached hydrogens (tertiary/aromatic N) is 1. The number of benzene rings is 1. The maximum Gasteiger partial charge on any atom is 0.123 e. The summed E-state index contributed by atoms with van der Waals surface area (Å²) >= 11 is 0. The third kappa shape index (κ3) is 3.72. The van der Waals surface area contributed by atoms with Gasteiger partial charge in [-0.25, -0.2) is 0 Å². The number of para-hydroxylation sites is 1. The molecule has 2 atom stereocenters. The molecule has 2 rings (SSSR count). The highest BCUT2D eigenvalue weighted by Gasteiger charge is 2.23. The lowest BCUT2D eigenvalue weighted by Gasteiger charge is -2.32. The average molecular weight is 278 g/mol. The molecular formula is C16H26N2O2. The number of hydrogen-bond acceptors (Lipinski definition) is 4. The lowest BCUT2D eigenvalue weighted by atomic mass is 10.0. The third-order valence-electron chi connectivity index (χ3n) is 4.14. The van der Waals surface area contributed by atoms with Crippen molar-refractivity contribution in [2.24, 2.45) is 0 Å². The number of hydrogen-bond donors (Lipinski definition) is 2. The normalized spacial score (nSPS) is 20.3. The first-order valence-electron chi connectivity index (χ1n) is 7.47. The molecule has 1 fully saturated rings. The van der Waals surface area contributed by atoms with Crippen LogP contribution >= 0.6 is 0 Å². The van der Waals surface area contributed by atoms with Crippen molar-refractivity contribution >= 4 is 0 Å². The maximum absolute atomic E-state index is 9.34. The first-order chi connectivity index (χ1) is 9.76. The second kappa shape index (κ2) is 7.62. The minimum atomic E-state index is 0.187. The summed E-state index contributed by atoms with van der Waals surface area (Å²) in [5.74, 6) is 0.919. The molecule has 4 nitrogen and oxygen atoms in total. The van der Waals surface area contributed by atoms with Crippen LogP contribution in [0.1, 0.15) is 31.4 Å². The lowest BCUT2D eigenvalue weighted by Crippen LogP contribution is -2.40. The molecule has 0 aromatic heterocycles. The number of nitrogens with one attached hydrogen (secondary N) is 1. The van der Waals surface area contributed by atoms with Crippen LogP contribution in [0.2, 0.25) is 0 Å². The topological polar surface area (TPSA) is 44.7 Å². The molecular weight excluding hydrogens is 252 g/mol. The Hall–Kier alpha value is -1.10. The van der Waals surface area contributed by atoms with E-state index in [0.29, 0.717) is 12.6 Å². The van der Waals surface area contributed by atoms with Crippen LogP contribution in [0.4, 0.5) is 0 Å². The van der Waals surface area contributed by atoms with Gasteiger partial charge in [0.25, 0.3) is 0 Å². The molecule has 0 spiro atoms. The fourth-order valence-corrected chi connectivity index (χ4v) is 2.98. The van der Waals surface area contributed by atoms with Crippen molar-refractivity contribution in [3.63, 3.8) is 0 Å². The SMILES string of the molecule is COc1ccccc1C(C)N(CCO)CC1CCCN1. The van der Waals surface area contributed by atoms with Crippen molar-refractivity contribution in [3.05, 3.63) is 29.8 Å². The van der Waals surface area contributed by atoms with Gasteiger partial charge in [0.1, 0.15) is 5.75 Å². The molecule has 1 aliphatic heterocycles. The zero-order valence-corrected chi connectivity index (χ0v) is 12.5. The molecule has 0 bridgehead atoms. The highest BCUT2D eigenvalue weighted by atomic mass is 16.5. The van der Waals surface area contributed by atoms with Crippen LogP contribution in [-0.2, 0) is 0 Å². The number of ether oxygens (including phenoxy) is 1. The van der Waals surface area contributed by atoms with Gasteiger partial charge in [-0.3, -0.25) is 4.90 Å². The standard InChI is InChI=1S/C16H26N2O2/c1-13(15-7-3-4-8-16(15)20-2)18(10-11-19)12-14-6-5-9-17-14/h3-4,7-8,13-14,17,19H,5-6,9-12H2,1-2H3. The molecule has 1 heterocycles. The van der Waals surface area contributed by atoms with Crippen molar-refractivity contribution in [1.82, 2.24) is 10.2 Å². The van der Waals surface area contributed by atoms with Gasteiger partial charge in [0.15, 0.2) is 0 Å². The molecule has 112 valence electrons. The van der Waals surface area contributed by atoms with Crippen molar-refractivity contribution in [2.45, 2.75) is 31.8 Å². The summed E-state index contributed by atoms with van der Waals surface area (Å²) in [7, 11) is 1.71. The number of rotatable bonds is 7. The summed E-state index contributed by atoms with van der Waals surface area (Å²) < 4.78 is 5.46. The summed E-state index contributed by atoms with van der Waals surface area (Å²) in [6, 6.07) is 8.91. The summed E-state index contributed by atoms with van der Waals surface area (Å²) in [5, 5.41) is 12.9. The Labute approximate surface area is 121 Å². The predicted molar refractivity (Wildman–Crippen MR) is 81.1 cm³/mol. The molecule has 1 saturated heterocycles. The highest BCUT2D eigenvalue weighted by Crippen LogP contribution is 2.29. The van der Waals surface area contributed by atoms with E-state index in [1.54, 1.807) is 7.11 Å². The van der Waals surface area contributed by atoms with Gasteiger partial charge < -0.3 is 15.2 Å². The third-order valence-corrected chi connectivity index (χ3v) is 4.14. The molecule has 1 aromatic carbocycles. The number of methoxy groups -OCH3 is 1. The molecule has 0 amide bonds. The fraction of sp³-hybridized carbons (Fsp3) is 0.625. The van der Waals surface area contributed by atoms with E-state index < -0.39 is 0 Å². The number of aliphatic hydroxyl groups is 1. The smallest absolute Gasteiger partial charge is 0.123 e. The van der Waals surface area contributed by atoms with Gasteiger partial charge in [0.2, 0.25) is 0 Å². The quantitative estimate of drug-likeness (QED) is 0.798. The van der Waals surface area contributed by atoms with Crippen LogP contribution < -0.4 is 10.1 Å². The van der Waals surface area contributed by atoms with Crippen LogP contribution in [0.25, 0.3) is 0 Å². The Morgan fingerprint density at radius 2 is 2.25 bits per heavy atom. The zero-order valence-electron chi connectivity index (χ0n) is 12.5. The minimum Gasteiger partial charge on any atom is -0.496 e. The Morgan fingerprint density at radius 1 is 1.45 bits per heavy atom. The predicted octanol–water partition coefficient (Wildman–Crippen LogP) is 1.80. The molecule has 2 N–H and O–H groups in total. The zero-order chi connectivity index (χ0) is 14.4. The van der Waals surface area contributed by atoms with Crippen LogP contribution in [0.3, 0.4) is 0 Å². The van der Waals surface area contributed by atoms with Gasteiger partial charge in [-0.05, 0) is 32.4 Å². The second-order valence-electron chi connectivity index (χ2n) is 5.43. The Balaban J connectivity index is 2.10. The summed E-state index contributed by atoms with van der Waals surface area (Å²) in [4.78, 5) is 2.33. The molecule has 0 radical (unpaired) electrons. The average Bonchev–Trinajstić information content (AvgIpc) is 2.99. The molecule has 2 unspecified atom stereocenters. The minimum absolute atomic E-state index is 0.187. The molecule has 0 aliphatic carbocycles. The first-order valence-corrected chi connectivity index (χ1v) is 7.47. The van der Waals surface area contributed by atoms with E-state index in [0.717, 1.165) is 18.8 Å². The van der Waals surface area contributed by atoms with Crippen molar-refractivity contribution < 1.29 is 9.84 Å². The van der Waals surface area contributed by atoms with E-state index >= 15 is 0 Å². The Bertz CT molecular complexity index is 405. The maximum atomic E-state index is 9.34. The van der Waals surface area contributed by atoms with Gasteiger partial charge in [0, 0.05) is 30.7 Å².